The minimum atomic E-state index is -0.474. The highest BCUT2D eigenvalue weighted by atomic mass is 79.9. The van der Waals surface area contributed by atoms with Gasteiger partial charge in [0.05, 0.1) is 6.20 Å². The van der Waals surface area contributed by atoms with Gasteiger partial charge in [-0.3, -0.25) is 9.48 Å². The van der Waals surface area contributed by atoms with Crippen molar-refractivity contribution in [2.45, 2.75) is 12.6 Å². The van der Waals surface area contributed by atoms with E-state index in [0.29, 0.717) is 11.0 Å². The molecular weight excluding hydrogens is 339 g/mol. The average Bonchev–Trinajstić information content (AvgIpc) is 2.85. The number of rotatable bonds is 5. The lowest BCUT2D eigenvalue weighted by atomic mass is 10.1. The molecule has 2 aromatic rings. The fourth-order valence-corrected chi connectivity index (χ4v) is 2.48. The number of aromatic nitrogens is 2. The monoisotopic (exact) mass is 354 g/mol. The van der Waals surface area contributed by atoms with E-state index in [1.807, 2.05) is 0 Å². The minimum Gasteiger partial charge on any atom is -0.350 e. The van der Waals surface area contributed by atoms with E-state index >= 15 is 0 Å². The van der Waals surface area contributed by atoms with Gasteiger partial charge < -0.3 is 10.6 Å². The fraction of sp³-hybridized carbons (Fsp3) is 0.286. The molecule has 0 aliphatic rings. The lowest BCUT2D eigenvalue weighted by molar-refractivity contribution is -0.123. The number of likely N-dealkylation sites (N-methyl/N-ethyl adjacent to an activating group) is 1. The summed E-state index contributed by atoms with van der Waals surface area (Å²) in [6, 6.07) is 3.90. The lowest BCUT2D eigenvalue weighted by Crippen LogP contribution is -2.35. The molecule has 5 nitrogen and oxygen atoms in total. The third-order valence-corrected chi connectivity index (χ3v) is 3.82. The Morgan fingerprint density at radius 1 is 1.52 bits per heavy atom. The zero-order valence-corrected chi connectivity index (χ0v) is 13.3. The number of hydrogen-bond acceptors (Lipinski definition) is 3. The molecule has 2 N–H and O–H groups in total. The summed E-state index contributed by atoms with van der Waals surface area (Å²) in [5.74, 6) is -0.484. The maximum Gasteiger partial charge on any atom is 0.242 e. The van der Waals surface area contributed by atoms with E-state index in [1.54, 1.807) is 37.2 Å². The number of carbonyl (C=O) groups excluding carboxylic acids is 1. The van der Waals surface area contributed by atoms with E-state index in [1.165, 1.54) is 12.1 Å². The number of carbonyl (C=O) groups is 1. The molecule has 112 valence electrons. The van der Waals surface area contributed by atoms with E-state index in [4.69, 9.17) is 0 Å². The van der Waals surface area contributed by atoms with Crippen molar-refractivity contribution >= 4 is 21.8 Å². The molecule has 0 spiro atoms. The number of amides is 1. The van der Waals surface area contributed by atoms with Crippen LogP contribution in [0.4, 0.5) is 4.39 Å². The predicted molar refractivity (Wildman–Crippen MR) is 81.0 cm³/mol. The lowest BCUT2D eigenvalue weighted by Gasteiger charge is -2.15. The Morgan fingerprint density at radius 3 is 2.86 bits per heavy atom. The fourth-order valence-electron chi connectivity index (χ4n) is 1.99. The molecule has 1 aromatic heterocycles. The van der Waals surface area contributed by atoms with Gasteiger partial charge in [-0.15, -0.1) is 0 Å². The summed E-state index contributed by atoms with van der Waals surface area (Å²) < 4.78 is 15.3. The number of nitrogens with one attached hydrogen (secondary N) is 2. The number of aryl methyl sites for hydroxylation is 1. The molecule has 0 aliphatic heterocycles. The number of nitrogens with zero attached hydrogens (tertiary/aromatic N) is 2. The molecule has 0 radical (unpaired) electrons. The smallest absolute Gasteiger partial charge is 0.242 e. The molecule has 21 heavy (non-hydrogen) atoms. The summed E-state index contributed by atoms with van der Waals surface area (Å²) in [5.41, 5.74) is 1.60. The Kier molecular flexibility index (Phi) is 5.08. The summed E-state index contributed by atoms with van der Waals surface area (Å²) in [6.07, 6.45) is 3.43. The van der Waals surface area contributed by atoms with Crippen LogP contribution in [0.25, 0.3) is 0 Å². The van der Waals surface area contributed by atoms with Gasteiger partial charge in [-0.25, -0.2) is 4.39 Å². The third kappa shape index (κ3) is 3.89. The van der Waals surface area contributed by atoms with Crippen molar-refractivity contribution in [1.82, 2.24) is 20.4 Å². The number of hydrogen-bond donors (Lipinski definition) is 2. The van der Waals surface area contributed by atoms with Crippen molar-refractivity contribution in [3.63, 3.8) is 0 Å². The first-order chi connectivity index (χ1) is 10.0. The van der Waals surface area contributed by atoms with Crippen LogP contribution in [0.1, 0.15) is 17.2 Å². The van der Waals surface area contributed by atoms with Crippen molar-refractivity contribution in [1.29, 1.82) is 0 Å². The quantitative estimate of drug-likeness (QED) is 0.861. The van der Waals surface area contributed by atoms with Gasteiger partial charge in [-0.05, 0) is 24.7 Å². The molecule has 0 saturated heterocycles. The molecule has 1 unspecified atom stereocenters. The Bertz CT molecular complexity index is 644. The van der Waals surface area contributed by atoms with Gasteiger partial charge in [0, 0.05) is 29.8 Å². The second-order valence-corrected chi connectivity index (χ2v) is 5.48. The molecule has 1 amide bonds. The number of halogens is 2. The van der Waals surface area contributed by atoms with Crippen LogP contribution in [0.15, 0.2) is 35.1 Å². The van der Waals surface area contributed by atoms with Crippen molar-refractivity contribution in [2.24, 2.45) is 7.05 Å². The van der Waals surface area contributed by atoms with Crippen molar-refractivity contribution in [3.8, 4) is 0 Å². The molecule has 0 fully saturated rings. The molecule has 1 atom stereocenters. The second-order valence-electron chi connectivity index (χ2n) is 4.62. The summed E-state index contributed by atoms with van der Waals surface area (Å²) in [5, 5.41) is 9.84. The predicted octanol–water partition coefficient (Wildman–Crippen LogP) is 1.90. The second kappa shape index (κ2) is 6.82. The Hall–Kier alpha value is -1.73. The molecule has 1 heterocycles. The Balaban J connectivity index is 2.03. The molecule has 0 aliphatic carbocycles. The summed E-state index contributed by atoms with van der Waals surface area (Å²) in [6.45, 7) is 0.318. The van der Waals surface area contributed by atoms with E-state index in [0.717, 1.165) is 11.1 Å². The molecule has 1 aromatic carbocycles. The van der Waals surface area contributed by atoms with Crippen LogP contribution in [0.5, 0.6) is 0 Å². The number of benzene rings is 1. The Morgan fingerprint density at radius 2 is 2.29 bits per heavy atom. The molecule has 0 saturated carbocycles. The normalized spacial score (nSPS) is 12.2. The molecule has 0 bridgehead atoms. The zero-order chi connectivity index (χ0) is 15.4. The average molecular weight is 355 g/mol. The van der Waals surface area contributed by atoms with Gasteiger partial charge in [0.15, 0.2) is 0 Å². The van der Waals surface area contributed by atoms with Gasteiger partial charge in [0.1, 0.15) is 11.9 Å². The van der Waals surface area contributed by atoms with E-state index in [2.05, 4.69) is 31.7 Å². The van der Waals surface area contributed by atoms with Crippen molar-refractivity contribution in [3.05, 3.63) is 52.0 Å². The first-order valence-electron chi connectivity index (χ1n) is 6.38. The molecular formula is C14H16BrFN4O. The summed E-state index contributed by atoms with van der Waals surface area (Å²) in [4.78, 5) is 12.2. The maximum atomic E-state index is 13.0. The van der Waals surface area contributed by atoms with Crippen LogP contribution in [0, 0.1) is 5.82 Å². The van der Waals surface area contributed by atoms with Crippen LogP contribution < -0.4 is 10.6 Å². The molecule has 2 rings (SSSR count). The highest BCUT2D eigenvalue weighted by molar-refractivity contribution is 9.10. The first-order valence-corrected chi connectivity index (χ1v) is 7.18. The van der Waals surface area contributed by atoms with Gasteiger partial charge in [0.2, 0.25) is 5.91 Å². The van der Waals surface area contributed by atoms with Crippen LogP contribution in [0.2, 0.25) is 0 Å². The molecule has 7 heteroatoms. The highest BCUT2D eigenvalue weighted by Crippen LogP contribution is 2.18. The van der Waals surface area contributed by atoms with Gasteiger partial charge >= 0.3 is 0 Å². The van der Waals surface area contributed by atoms with Gasteiger partial charge in [0.25, 0.3) is 0 Å². The van der Waals surface area contributed by atoms with Crippen molar-refractivity contribution < 1.29 is 9.18 Å². The highest BCUT2D eigenvalue weighted by Gasteiger charge is 2.19. The van der Waals surface area contributed by atoms with Crippen molar-refractivity contribution in [2.75, 3.05) is 7.05 Å². The largest absolute Gasteiger partial charge is 0.350 e. The third-order valence-electron chi connectivity index (χ3n) is 3.08. The summed E-state index contributed by atoms with van der Waals surface area (Å²) in [7, 11) is 3.51. The standard InChI is InChI=1S/C14H16BrFN4O/c1-17-13(10-7-19-20(2)8-10)14(21)18-6-9-3-4-11(16)5-12(9)15/h3-5,7-8,13,17H,6H2,1-2H3,(H,18,21). The van der Waals surface area contributed by atoms with E-state index in [9.17, 15) is 9.18 Å². The van der Waals surface area contributed by atoms with E-state index in [-0.39, 0.29) is 11.7 Å². The van der Waals surface area contributed by atoms with Gasteiger partial charge in [-0.2, -0.15) is 5.10 Å². The van der Waals surface area contributed by atoms with Crippen LogP contribution in [-0.4, -0.2) is 22.7 Å². The first kappa shape index (κ1) is 15.7. The minimum absolute atomic E-state index is 0.165. The van der Waals surface area contributed by atoms with Crippen LogP contribution >= 0.6 is 15.9 Å². The SMILES string of the molecule is CNC(C(=O)NCc1ccc(F)cc1Br)c1cnn(C)c1. The zero-order valence-electron chi connectivity index (χ0n) is 11.7. The van der Waals surface area contributed by atoms with Crippen LogP contribution in [0.3, 0.4) is 0 Å². The Labute approximate surface area is 130 Å². The van der Waals surface area contributed by atoms with Gasteiger partial charge in [-0.1, -0.05) is 22.0 Å². The van der Waals surface area contributed by atoms with E-state index < -0.39 is 6.04 Å². The summed E-state index contributed by atoms with van der Waals surface area (Å²) >= 11 is 3.28. The topological polar surface area (TPSA) is 59.0 Å². The van der Waals surface area contributed by atoms with Crippen LogP contribution in [-0.2, 0) is 18.4 Å². The maximum absolute atomic E-state index is 13.0.